The second-order valence-corrected chi connectivity index (χ2v) is 8.67. The van der Waals surface area contributed by atoms with E-state index >= 15 is 0 Å². The molecule has 8 N–H and O–H groups in total. The number of nitrogens with zero attached hydrogens (tertiary/aromatic N) is 1. The Kier molecular flexibility index (Phi) is 11.2. The standard InChI is InChI=1S/C21H34N6O7/c1-10(2)16(22)20(32)25-13(5-6-15(28)29)18(30)26-14(7-12-8-23-9-24-12)19(31)27-17(11(3)4)21(33)34/h8-11,13-14,16-17H,5-7,22H2,1-4H3,(H,23,24)(H,25,32)(H,26,30)(H,27,31)(H,28,29)(H,33,34). The molecule has 13 heteroatoms. The molecule has 13 nitrogen and oxygen atoms in total. The van der Waals surface area contributed by atoms with Gasteiger partial charge in [-0.15, -0.1) is 0 Å². The van der Waals surface area contributed by atoms with Crippen LogP contribution in [0.25, 0.3) is 0 Å². The second-order valence-electron chi connectivity index (χ2n) is 8.67. The third kappa shape index (κ3) is 9.17. The Morgan fingerprint density at radius 3 is 2.00 bits per heavy atom. The average Bonchev–Trinajstić information content (AvgIpc) is 3.25. The number of carboxylic acids is 2. The fraction of sp³-hybridized carbons (Fsp3) is 0.619. The van der Waals surface area contributed by atoms with E-state index < -0.39 is 66.2 Å². The van der Waals surface area contributed by atoms with Gasteiger partial charge in [0.25, 0.3) is 0 Å². The Morgan fingerprint density at radius 2 is 1.53 bits per heavy atom. The Bertz CT molecular complexity index is 856. The molecule has 0 radical (unpaired) electrons. The number of nitrogens with one attached hydrogen (secondary N) is 4. The largest absolute Gasteiger partial charge is 0.481 e. The number of amides is 3. The molecule has 0 aromatic carbocycles. The van der Waals surface area contributed by atoms with Crippen LogP contribution in [0.5, 0.6) is 0 Å². The van der Waals surface area contributed by atoms with Gasteiger partial charge in [-0.2, -0.15) is 0 Å². The van der Waals surface area contributed by atoms with Gasteiger partial charge < -0.3 is 36.9 Å². The van der Waals surface area contributed by atoms with E-state index in [9.17, 15) is 29.1 Å². The smallest absolute Gasteiger partial charge is 0.326 e. The number of aromatic nitrogens is 2. The molecule has 1 rings (SSSR count). The van der Waals surface area contributed by atoms with Gasteiger partial charge in [-0.25, -0.2) is 9.78 Å². The molecule has 1 aromatic heterocycles. The number of imidazole rings is 1. The first-order valence-electron chi connectivity index (χ1n) is 10.9. The van der Waals surface area contributed by atoms with Crippen LogP contribution in [0.2, 0.25) is 0 Å². The van der Waals surface area contributed by atoms with Gasteiger partial charge in [0.15, 0.2) is 0 Å². The highest BCUT2D eigenvalue weighted by Crippen LogP contribution is 2.07. The SMILES string of the molecule is CC(C)C(N)C(=O)NC(CCC(=O)O)C(=O)NC(Cc1cnc[nH]1)C(=O)NC(C(=O)O)C(C)C. The summed E-state index contributed by atoms with van der Waals surface area (Å²) in [6.45, 7) is 6.68. The quantitative estimate of drug-likeness (QED) is 0.173. The highest BCUT2D eigenvalue weighted by atomic mass is 16.4. The summed E-state index contributed by atoms with van der Waals surface area (Å²) >= 11 is 0. The van der Waals surface area contributed by atoms with Crippen LogP contribution in [0, 0.1) is 11.8 Å². The fourth-order valence-corrected chi connectivity index (χ4v) is 2.97. The zero-order valence-corrected chi connectivity index (χ0v) is 19.7. The third-order valence-electron chi connectivity index (χ3n) is 5.14. The summed E-state index contributed by atoms with van der Waals surface area (Å²) in [6, 6.07) is -4.62. The molecule has 0 aliphatic carbocycles. The van der Waals surface area contributed by atoms with E-state index in [4.69, 9.17) is 10.8 Å². The number of aromatic amines is 1. The molecule has 1 aromatic rings. The Balaban J connectivity index is 3.10. The molecular weight excluding hydrogens is 448 g/mol. The first kappa shape index (κ1) is 28.6. The van der Waals surface area contributed by atoms with Gasteiger partial charge in [-0.1, -0.05) is 27.7 Å². The van der Waals surface area contributed by atoms with Gasteiger partial charge in [0.1, 0.15) is 18.1 Å². The van der Waals surface area contributed by atoms with Crippen LogP contribution in [0.3, 0.4) is 0 Å². The maximum Gasteiger partial charge on any atom is 0.326 e. The molecule has 34 heavy (non-hydrogen) atoms. The molecule has 190 valence electrons. The molecule has 3 amide bonds. The number of nitrogens with two attached hydrogens (primary N) is 1. The lowest BCUT2D eigenvalue weighted by Gasteiger charge is -2.26. The van der Waals surface area contributed by atoms with Crippen molar-refractivity contribution in [3.05, 3.63) is 18.2 Å². The molecule has 0 saturated heterocycles. The highest BCUT2D eigenvalue weighted by molar-refractivity contribution is 5.94. The van der Waals surface area contributed by atoms with Crippen molar-refractivity contribution in [2.75, 3.05) is 0 Å². The number of hydrogen-bond donors (Lipinski definition) is 7. The van der Waals surface area contributed by atoms with Crippen LogP contribution in [0.1, 0.15) is 46.2 Å². The summed E-state index contributed by atoms with van der Waals surface area (Å²) in [7, 11) is 0. The summed E-state index contributed by atoms with van der Waals surface area (Å²) in [4.78, 5) is 67.5. The van der Waals surface area contributed by atoms with Crippen LogP contribution in [0.4, 0.5) is 0 Å². The fourth-order valence-electron chi connectivity index (χ4n) is 2.97. The van der Waals surface area contributed by atoms with Crippen molar-refractivity contribution < 1.29 is 34.2 Å². The summed E-state index contributed by atoms with van der Waals surface area (Å²) in [5, 5.41) is 25.8. The van der Waals surface area contributed by atoms with Crippen molar-refractivity contribution >= 4 is 29.7 Å². The third-order valence-corrected chi connectivity index (χ3v) is 5.14. The van der Waals surface area contributed by atoms with Gasteiger partial charge in [0.2, 0.25) is 17.7 Å². The van der Waals surface area contributed by atoms with Crippen LogP contribution in [-0.2, 0) is 30.4 Å². The van der Waals surface area contributed by atoms with E-state index in [0.717, 1.165) is 0 Å². The summed E-state index contributed by atoms with van der Waals surface area (Å²) in [6.07, 6.45) is 2.12. The molecule has 0 spiro atoms. The predicted molar refractivity (Wildman–Crippen MR) is 120 cm³/mol. The number of rotatable bonds is 14. The monoisotopic (exact) mass is 482 g/mol. The van der Waals surface area contributed by atoms with Crippen LogP contribution < -0.4 is 21.7 Å². The molecule has 0 fully saturated rings. The highest BCUT2D eigenvalue weighted by Gasteiger charge is 2.32. The minimum Gasteiger partial charge on any atom is -0.481 e. The van der Waals surface area contributed by atoms with Gasteiger partial charge >= 0.3 is 11.9 Å². The summed E-state index contributed by atoms with van der Waals surface area (Å²) in [5.41, 5.74) is 6.32. The van der Waals surface area contributed by atoms with Crippen LogP contribution in [-0.4, -0.2) is 74.0 Å². The zero-order valence-electron chi connectivity index (χ0n) is 19.7. The topological polar surface area (TPSA) is 217 Å². The first-order chi connectivity index (χ1) is 15.8. The molecular formula is C21H34N6O7. The van der Waals surface area contributed by atoms with Crippen LogP contribution in [0.15, 0.2) is 12.5 Å². The molecule has 0 aliphatic rings. The van der Waals surface area contributed by atoms with Crippen molar-refractivity contribution in [1.82, 2.24) is 25.9 Å². The van der Waals surface area contributed by atoms with Crippen molar-refractivity contribution in [1.29, 1.82) is 0 Å². The van der Waals surface area contributed by atoms with E-state index in [1.165, 1.54) is 12.5 Å². The lowest BCUT2D eigenvalue weighted by molar-refractivity contribution is -0.143. The second kappa shape index (κ2) is 13.3. The van der Waals surface area contributed by atoms with Gasteiger partial charge in [-0.05, 0) is 18.3 Å². The lowest BCUT2D eigenvalue weighted by atomic mass is 10.0. The predicted octanol–water partition coefficient (Wildman–Crippen LogP) is -1.00. The maximum atomic E-state index is 13.0. The molecule has 4 unspecified atom stereocenters. The normalized spacial score (nSPS) is 14.7. The zero-order chi connectivity index (χ0) is 26.0. The van der Waals surface area contributed by atoms with Crippen molar-refractivity contribution in [2.24, 2.45) is 17.6 Å². The number of carbonyl (C=O) groups is 5. The van der Waals surface area contributed by atoms with E-state index in [1.807, 2.05) is 0 Å². The number of hydrogen-bond acceptors (Lipinski definition) is 7. The first-order valence-corrected chi connectivity index (χ1v) is 10.9. The Hall–Kier alpha value is -3.48. The molecule has 4 atom stereocenters. The molecule has 1 heterocycles. The minimum atomic E-state index is -1.27. The van der Waals surface area contributed by atoms with Gasteiger partial charge in [0.05, 0.1) is 12.4 Å². The Labute approximate surface area is 197 Å². The van der Waals surface area contributed by atoms with Crippen LogP contribution >= 0.6 is 0 Å². The van der Waals surface area contributed by atoms with Gasteiger partial charge in [0, 0.05) is 24.7 Å². The molecule has 0 saturated carbocycles. The van der Waals surface area contributed by atoms with Crippen molar-refractivity contribution in [3.63, 3.8) is 0 Å². The number of H-pyrrole nitrogens is 1. The summed E-state index contributed by atoms with van der Waals surface area (Å²) in [5.74, 6) is -5.26. The number of carbonyl (C=O) groups excluding carboxylic acids is 3. The minimum absolute atomic E-state index is 0.0485. The lowest BCUT2D eigenvalue weighted by Crippen LogP contribution is -2.58. The number of aliphatic carboxylic acids is 2. The van der Waals surface area contributed by atoms with Crippen molar-refractivity contribution in [3.8, 4) is 0 Å². The number of carboxylic acid groups (broad SMARTS) is 2. The molecule has 0 aliphatic heterocycles. The van der Waals surface area contributed by atoms with E-state index in [0.29, 0.717) is 5.69 Å². The Morgan fingerprint density at radius 1 is 0.941 bits per heavy atom. The average molecular weight is 483 g/mol. The van der Waals surface area contributed by atoms with E-state index in [-0.39, 0.29) is 18.8 Å². The van der Waals surface area contributed by atoms with Crippen molar-refractivity contribution in [2.45, 2.75) is 71.1 Å². The maximum absolute atomic E-state index is 13.0. The van der Waals surface area contributed by atoms with E-state index in [2.05, 4.69) is 25.9 Å². The van der Waals surface area contributed by atoms with Gasteiger partial charge in [-0.3, -0.25) is 19.2 Å². The summed E-state index contributed by atoms with van der Waals surface area (Å²) < 4.78 is 0. The van der Waals surface area contributed by atoms with E-state index in [1.54, 1.807) is 27.7 Å². The molecule has 0 bridgehead atoms.